The van der Waals surface area contributed by atoms with Gasteiger partial charge >= 0.3 is 11.9 Å². The van der Waals surface area contributed by atoms with Crippen LogP contribution < -0.4 is 5.73 Å². The Balaban J connectivity index is 0. The quantitative estimate of drug-likeness (QED) is 0.295. The summed E-state index contributed by atoms with van der Waals surface area (Å²) in [6.45, 7) is 2.31. The number of benzene rings is 2. The van der Waals surface area contributed by atoms with E-state index in [4.69, 9.17) is 25.7 Å². The van der Waals surface area contributed by atoms with Crippen molar-refractivity contribution in [3.63, 3.8) is 0 Å². The molecule has 0 aromatic heterocycles. The summed E-state index contributed by atoms with van der Waals surface area (Å²) >= 11 is 0. The number of nitrogens with zero attached hydrogens (tertiary/aromatic N) is 1. The van der Waals surface area contributed by atoms with Gasteiger partial charge in [-0.1, -0.05) is 43.8 Å². The van der Waals surface area contributed by atoms with Crippen molar-refractivity contribution < 1.29 is 33.6 Å². The predicted octanol–water partition coefficient (Wildman–Crippen LogP) is 2.59. The van der Waals surface area contributed by atoms with E-state index < -0.39 is 18.1 Å². The van der Waals surface area contributed by atoms with Gasteiger partial charge in [-0.3, -0.25) is 10.2 Å². The summed E-state index contributed by atoms with van der Waals surface area (Å²) in [5.41, 5.74) is 6.71. The highest BCUT2D eigenvalue weighted by molar-refractivity contribution is 5.97. The minimum atomic E-state index is -0.889. The lowest BCUT2D eigenvalue weighted by molar-refractivity contribution is -0.143. The minimum Gasteiger partial charge on any atom is -0.478 e. The maximum Gasteiger partial charge on any atom is 0.334 e. The summed E-state index contributed by atoms with van der Waals surface area (Å²) in [6, 6.07) is 17.5. The van der Waals surface area contributed by atoms with Gasteiger partial charge in [0.1, 0.15) is 12.6 Å². The fourth-order valence-electron chi connectivity index (χ4n) is 2.41. The van der Waals surface area contributed by atoms with Gasteiger partial charge in [0.15, 0.2) is 6.04 Å². The number of carbonyl (C=O) groups is 2. The zero-order valence-corrected chi connectivity index (χ0v) is 20.7. The second-order valence-electron chi connectivity index (χ2n) is 6.59. The van der Waals surface area contributed by atoms with E-state index in [2.05, 4.69) is 14.5 Å². The molecule has 0 radical (unpaired) electrons. The SMILES string of the molecule is C.CCOC(=N)c1ccccc1.COC(=O)[C@H](N)CO.COC(=O)[C@H]1COC(c2ccccc2)=N1.Cl. The fourth-order valence-corrected chi connectivity index (χ4v) is 2.41. The second kappa shape index (κ2) is 19.8. The van der Waals surface area contributed by atoms with Crippen molar-refractivity contribution in [1.29, 1.82) is 5.41 Å². The number of nitrogens with one attached hydrogen (secondary N) is 1. The Hall–Kier alpha value is -3.47. The number of aliphatic imine (C=N–C) groups is 1. The van der Waals surface area contributed by atoms with Crippen LogP contribution in [0.2, 0.25) is 0 Å². The molecule has 0 saturated heterocycles. The van der Waals surface area contributed by atoms with E-state index in [1.54, 1.807) is 0 Å². The number of esters is 2. The number of rotatable bonds is 6. The standard InChI is InChI=1S/C11H11NO3.C9H11NO.C4H9NO3.CH4.ClH/c1-14-11(13)9-7-15-10(12-9)8-5-3-2-4-6-8;1-2-11-9(10)8-6-4-3-5-7-8;1-8-4(7)3(5)2-6;;/h2-6,9H,7H2,1H3;3-7,10H,2H2,1H3;3,6H,2,5H2,1H3;1H4;1H/t9-;;3-;;/m1.1../s1. The highest BCUT2D eigenvalue weighted by Gasteiger charge is 2.26. The molecule has 0 bridgehead atoms. The second-order valence-corrected chi connectivity index (χ2v) is 6.59. The first-order valence-electron chi connectivity index (χ1n) is 10.4. The van der Waals surface area contributed by atoms with E-state index in [-0.39, 0.29) is 44.9 Å². The first-order valence-corrected chi connectivity index (χ1v) is 10.4. The third-order valence-electron chi connectivity index (χ3n) is 4.17. The number of carbonyl (C=O) groups excluding carboxylic acids is 2. The van der Waals surface area contributed by atoms with E-state index in [0.29, 0.717) is 12.5 Å². The molecule has 0 spiro atoms. The topological polar surface area (TPSA) is 154 Å². The molecule has 0 unspecified atom stereocenters. The molecule has 2 atom stereocenters. The number of hydrogen-bond acceptors (Lipinski definition) is 10. The molecular weight excluding hydrogens is 490 g/mol. The van der Waals surface area contributed by atoms with Crippen molar-refractivity contribution in [3.8, 4) is 0 Å². The summed E-state index contributed by atoms with van der Waals surface area (Å²) in [6.07, 6.45) is 0. The van der Waals surface area contributed by atoms with Crippen LogP contribution in [0.3, 0.4) is 0 Å². The number of halogens is 1. The lowest BCUT2D eigenvalue weighted by Gasteiger charge is -2.02. The third-order valence-corrected chi connectivity index (χ3v) is 4.17. The Bertz CT molecular complexity index is 928. The van der Waals surface area contributed by atoms with Crippen LogP contribution in [0.5, 0.6) is 0 Å². The van der Waals surface area contributed by atoms with Crippen LogP contribution in [-0.4, -0.2) is 75.0 Å². The molecule has 2 aromatic rings. The van der Waals surface area contributed by atoms with Crippen LogP contribution in [0.4, 0.5) is 0 Å². The maximum absolute atomic E-state index is 11.2. The van der Waals surface area contributed by atoms with Crippen molar-refractivity contribution in [2.45, 2.75) is 26.4 Å². The fraction of sp³-hybridized carbons (Fsp3) is 0.360. The summed E-state index contributed by atoms with van der Waals surface area (Å²) in [7, 11) is 2.57. The molecule has 1 aliphatic heterocycles. The number of hydrogen-bond donors (Lipinski definition) is 3. The van der Waals surface area contributed by atoms with Gasteiger partial charge in [-0.2, -0.15) is 0 Å². The van der Waals surface area contributed by atoms with E-state index in [1.165, 1.54) is 14.2 Å². The molecule has 11 heteroatoms. The number of methoxy groups -OCH3 is 2. The average molecular weight is 526 g/mol. The first kappa shape index (κ1) is 34.7. The van der Waals surface area contributed by atoms with Crippen LogP contribution in [0.1, 0.15) is 25.5 Å². The Morgan fingerprint density at radius 2 is 1.67 bits per heavy atom. The first-order chi connectivity index (χ1) is 16.4. The molecule has 2 aromatic carbocycles. The van der Waals surface area contributed by atoms with Gasteiger partial charge in [0.2, 0.25) is 11.8 Å². The van der Waals surface area contributed by atoms with E-state index in [0.717, 1.165) is 11.1 Å². The smallest absolute Gasteiger partial charge is 0.334 e. The number of ether oxygens (including phenoxy) is 4. The molecule has 0 saturated carbocycles. The molecule has 0 fully saturated rings. The van der Waals surface area contributed by atoms with E-state index in [9.17, 15) is 9.59 Å². The highest BCUT2D eigenvalue weighted by atomic mass is 35.5. The van der Waals surface area contributed by atoms with Crippen LogP contribution in [0.15, 0.2) is 65.7 Å². The Kier molecular flexibility index (Phi) is 19.1. The largest absolute Gasteiger partial charge is 0.478 e. The number of aliphatic hydroxyl groups excluding tert-OH is 1. The molecule has 1 heterocycles. The average Bonchev–Trinajstić information content (AvgIpc) is 3.39. The molecule has 1 aliphatic rings. The molecule has 0 aliphatic carbocycles. The van der Waals surface area contributed by atoms with Crippen LogP contribution in [0.25, 0.3) is 0 Å². The normalized spacial score (nSPS) is 13.7. The van der Waals surface area contributed by atoms with Crippen molar-refractivity contribution in [2.75, 3.05) is 34.0 Å². The summed E-state index contributed by atoms with van der Waals surface area (Å²) in [4.78, 5) is 25.6. The monoisotopic (exact) mass is 525 g/mol. The molecule has 4 N–H and O–H groups in total. The van der Waals surface area contributed by atoms with E-state index in [1.807, 2.05) is 67.6 Å². The molecule has 0 amide bonds. The molecule has 200 valence electrons. The third kappa shape index (κ3) is 12.3. The van der Waals surface area contributed by atoms with Gasteiger partial charge < -0.3 is 29.8 Å². The number of nitrogens with two attached hydrogens (primary N) is 1. The Labute approximate surface area is 218 Å². The Morgan fingerprint density at radius 1 is 1.11 bits per heavy atom. The molecule has 36 heavy (non-hydrogen) atoms. The molecule has 3 rings (SSSR count). The van der Waals surface area contributed by atoms with E-state index >= 15 is 0 Å². The van der Waals surface area contributed by atoms with Gasteiger partial charge in [-0.15, -0.1) is 12.4 Å². The van der Waals surface area contributed by atoms with Crippen LogP contribution in [0, 0.1) is 5.41 Å². The van der Waals surface area contributed by atoms with Gasteiger partial charge in [0, 0.05) is 11.1 Å². The van der Waals surface area contributed by atoms with Crippen molar-refractivity contribution >= 4 is 36.1 Å². The van der Waals surface area contributed by atoms with Gasteiger partial charge in [0.25, 0.3) is 0 Å². The van der Waals surface area contributed by atoms with Crippen molar-refractivity contribution in [2.24, 2.45) is 10.7 Å². The van der Waals surface area contributed by atoms with Crippen molar-refractivity contribution in [1.82, 2.24) is 0 Å². The zero-order chi connectivity index (χ0) is 25.3. The summed E-state index contributed by atoms with van der Waals surface area (Å²) < 4.78 is 19.1. The summed E-state index contributed by atoms with van der Waals surface area (Å²) in [5, 5.41) is 15.6. The maximum atomic E-state index is 11.2. The zero-order valence-electron chi connectivity index (χ0n) is 19.9. The predicted molar refractivity (Wildman–Crippen MR) is 141 cm³/mol. The number of aliphatic hydroxyl groups is 1. The highest BCUT2D eigenvalue weighted by Crippen LogP contribution is 2.12. The molecule has 10 nitrogen and oxygen atoms in total. The lowest BCUT2D eigenvalue weighted by Crippen LogP contribution is -2.34. The van der Waals surface area contributed by atoms with Crippen molar-refractivity contribution in [3.05, 3.63) is 71.8 Å². The van der Waals surface area contributed by atoms with Gasteiger partial charge in [0.05, 0.1) is 27.4 Å². The lowest BCUT2D eigenvalue weighted by atomic mass is 10.2. The molecular formula is C25H36ClN3O7. The summed E-state index contributed by atoms with van der Waals surface area (Å²) in [5.74, 6) is -0.201. The minimum absolute atomic E-state index is 0. The van der Waals surface area contributed by atoms with Crippen LogP contribution in [-0.2, 0) is 28.5 Å². The van der Waals surface area contributed by atoms with Gasteiger partial charge in [-0.05, 0) is 31.2 Å². The van der Waals surface area contributed by atoms with Gasteiger partial charge in [-0.25, -0.2) is 9.79 Å². The van der Waals surface area contributed by atoms with Crippen LogP contribution >= 0.6 is 12.4 Å². The Morgan fingerprint density at radius 3 is 2.11 bits per heavy atom.